The molecular formula is C20H20ClFN4O2. The highest BCUT2D eigenvalue weighted by Gasteiger charge is 2.13. The molecule has 1 aromatic heterocycles. The largest absolute Gasteiger partial charge is 0.482 e. The first-order valence-electron chi connectivity index (χ1n) is 8.84. The van der Waals surface area contributed by atoms with Gasteiger partial charge >= 0.3 is 0 Å². The van der Waals surface area contributed by atoms with E-state index in [0.29, 0.717) is 17.4 Å². The molecule has 1 unspecified atom stereocenters. The highest BCUT2D eigenvalue weighted by atomic mass is 35.5. The molecule has 0 saturated carbocycles. The highest BCUT2D eigenvalue weighted by molar-refractivity contribution is 6.31. The van der Waals surface area contributed by atoms with Crippen LogP contribution in [0.1, 0.15) is 31.7 Å². The number of hydrogen-bond donors (Lipinski definition) is 1. The molecule has 0 aliphatic carbocycles. The Labute approximate surface area is 167 Å². The lowest BCUT2D eigenvalue weighted by Crippen LogP contribution is -2.20. The number of benzene rings is 2. The Bertz CT molecular complexity index is 963. The van der Waals surface area contributed by atoms with E-state index in [9.17, 15) is 9.18 Å². The number of amides is 1. The van der Waals surface area contributed by atoms with E-state index in [-0.39, 0.29) is 17.5 Å². The van der Waals surface area contributed by atoms with Crippen LogP contribution in [-0.4, -0.2) is 27.3 Å². The standard InChI is InChI=1S/C20H20ClFN4O2/c1-3-13(2)14-4-7-19(18(8-14)26-11-23-24-12-26)28-10-20(27)25-15-5-6-17(22)16(21)9-15/h4-9,11-13H,3,10H2,1-2H3,(H,25,27). The molecule has 0 radical (unpaired) electrons. The topological polar surface area (TPSA) is 69.0 Å². The Hall–Kier alpha value is -2.93. The first kappa shape index (κ1) is 19.8. The Morgan fingerprint density at radius 2 is 2.00 bits per heavy atom. The molecule has 0 bridgehead atoms. The molecule has 146 valence electrons. The molecule has 0 saturated heterocycles. The zero-order valence-corrected chi connectivity index (χ0v) is 16.3. The fourth-order valence-electron chi connectivity index (χ4n) is 2.64. The third-order valence-electron chi connectivity index (χ3n) is 4.42. The van der Waals surface area contributed by atoms with Gasteiger partial charge in [0.1, 0.15) is 24.2 Å². The number of aromatic nitrogens is 3. The maximum absolute atomic E-state index is 13.2. The Kier molecular flexibility index (Phi) is 6.26. The van der Waals surface area contributed by atoms with Crippen molar-refractivity contribution in [1.29, 1.82) is 0 Å². The third-order valence-corrected chi connectivity index (χ3v) is 4.71. The monoisotopic (exact) mass is 402 g/mol. The van der Waals surface area contributed by atoms with E-state index in [1.165, 1.54) is 18.2 Å². The molecule has 3 rings (SSSR count). The summed E-state index contributed by atoms with van der Waals surface area (Å²) in [4.78, 5) is 12.2. The third kappa shape index (κ3) is 4.67. The van der Waals surface area contributed by atoms with Gasteiger partial charge in [0, 0.05) is 5.69 Å². The van der Waals surface area contributed by atoms with Crippen molar-refractivity contribution in [2.45, 2.75) is 26.2 Å². The summed E-state index contributed by atoms with van der Waals surface area (Å²) in [5.74, 6) is -0.0192. The van der Waals surface area contributed by atoms with Crippen molar-refractivity contribution in [3.8, 4) is 11.4 Å². The quantitative estimate of drug-likeness (QED) is 0.627. The lowest BCUT2D eigenvalue weighted by Gasteiger charge is -2.16. The van der Waals surface area contributed by atoms with Crippen LogP contribution in [0.25, 0.3) is 5.69 Å². The van der Waals surface area contributed by atoms with Crippen molar-refractivity contribution in [3.63, 3.8) is 0 Å². The molecule has 0 fully saturated rings. The van der Waals surface area contributed by atoms with E-state index >= 15 is 0 Å². The zero-order valence-electron chi connectivity index (χ0n) is 15.5. The number of carbonyl (C=O) groups excluding carboxylic acids is 1. The summed E-state index contributed by atoms with van der Waals surface area (Å²) in [5, 5.41) is 10.2. The van der Waals surface area contributed by atoms with Gasteiger partial charge < -0.3 is 10.1 Å². The lowest BCUT2D eigenvalue weighted by atomic mass is 9.98. The Morgan fingerprint density at radius 3 is 2.68 bits per heavy atom. The zero-order chi connectivity index (χ0) is 20.1. The molecule has 6 nitrogen and oxygen atoms in total. The van der Waals surface area contributed by atoms with Gasteiger partial charge in [-0.15, -0.1) is 10.2 Å². The minimum absolute atomic E-state index is 0.0609. The second-order valence-electron chi connectivity index (χ2n) is 6.37. The number of anilines is 1. The van der Waals surface area contributed by atoms with Crippen LogP contribution in [0.2, 0.25) is 5.02 Å². The molecule has 0 aliphatic heterocycles. The Balaban J connectivity index is 1.74. The van der Waals surface area contributed by atoms with Crippen LogP contribution in [0.15, 0.2) is 49.1 Å². The van der Waals surface area contributed by atoms with Crippen molar-refractivity contribution in [1.82, 2.24) is 14.8 Å². The van der Waals surface area contributed by atoms with E-state index < -0.39 is 5.82 Å². The van der Waals surface area contributed by atoms with Crippen molar-refractivity contribution in [2.24, 2.45) is 0 Å². The summed E-state index contributed by atoms with van der Waals surface area (Å²) in [6.07, 6.45) is 4.15. The molecule has 1 heterocycles. The molecular weight excluding hydrogens is 383 g/mol. The smallest absolute Gasteiger partial charge is 0.262 e. The number of hydrogen-bond acceptors (Lipinski definition) is 4. The van der Waals surface area contributed by atoms with E-state index in [0.717, 1.165) is 17.7 Å². The average molecular weight is 403 g/mol. The Morgan fingerprint density at radius 1 is 1.25 bits per heavy atom. The molecule has 1 atom stereocenters. The summed E-state index contributed by atoms with van der Waals surface area (Å²) >= 11 is 5.73. The van der Waals surface area contributed by atoms with Crippen molar-refractivity contribution >= 4 is 23.2 Å². The number of ether oxygens (including phenoxy) is 1. The summed E-state index contributed by atoms with van der Waals surface area (Å²) in [5.41, 5.74) is 2.30. The van der Waals surface area contributed by atoms with Crippen LogP contribution in [0.4, 0.5) is 10.1 Å². The van der Waals surface area contributed by atoms with Crippen molar-refractivity contribution in [3.05, 3.63) is 65.5 Å². The number of rotatable bonds is 7. The van der Waals surface area contributed by atoms with Gasteiger partial charge in [0.2, 0.25) is 0 Å². The van der Waals surface area contributed by atoms with Crippen LogP contribution in [0.5, 0.6) is 5.75 Å². The van der Waals surface area contributed by atoms with E-state index in [2.05, 4.69) is 29.4 Å². The minimum atomic E-state index is -0.545. The SMILES string of the molecule is CCC(C)c1ccc(OCC(=O)Nc2ccc(F)c(Cl)c2)c(-n2cnnc2)c1. The molecule has 8 heteroatoms. The summed E-state index contributed by atoms with van der Waals surface area (Å²) in [7, 11) is 0. The van der Waals surface area contributed by atoms with Gasteiger partial charge in [-0.1, -0.05) is 31.5 Å². The van der Waals surface area contributed by atoms with Crippen molar-refractivity contribution in [2.75, 3.05) is 11.9 Å². The van der Waals surface area contributed by atoms with Gasteiger partial charge in [0.05, 0.1) is 10.7 Å². The van der Waals surface area contributed by atoms with Crippen LogP contribution in [0.3, 0.4) is 0 Å². The predicted molar refractivity (Wildman–Crippen MR) is 106 cm³/mol. The van der Waals surface area contributed by atoms with E-state index in [1.807, 2.05) is 18.2 Å². The molecule has 3 aromatic rings. The minimum Gasteiger partial charge on any atom is -0.482 e. The fourth-order valence-corrected chi connectivity index (χ4v) is 2.82. The average Bonchev–Trinajstić information content (AvgIpc) is 3.23. The summed E-state index contributed by atoms with van der Waals surface area (Å²) in [6.45, 7) is 4.05. The number of carbonyl (C=O) groups is 1. The van der Waals surface area contributed by atoms with Crippen LogP contribution in [-0.2, 0) is 4.79 Å². The predicted octanol–water partition coefficient (Wildman–Crippen LogP) is 4.59. The second kappa shape index (κ2) is 8.84. The van der Waals surface area contributed by atoms with Gasteiger partial charge in [0.25, 0.3) is 5.91 Å². The van der Waals surface area contributed by atoms with Gasteiger partial charge in [-0.3, -0.25) is 9.36 Å². The summed E-state index contributed by atoms with van der Waals surface area (Å²) < 4.78 is 20.7. The molecule has 1 N–H and O–H groups in total. The maximum Gasteiger partial charge on any atom is 0.262 e. The maximum atomic E-state index is 13.2. The van der Waals surface area contributed by atoms with Crippen LogP contribution >= 0.6 is 11.6 Å². The van der Waals surface area contributed by atoms with E-state index in [1.54, 1.807) is 17.2 Å². The van der Waals surface area contributed by atoms with Crippen LogP contribution in [0, 0.1) is 5.82 Å². The first-order chi connectivity index (χ1) is 13.5. The van der Waals surface area contributed by atoms with Gasteiger partial charge in [-0.25, -0.2) is 4.39 Å². The van der Waals surface area contributed by atoms with E-state index in [4.69, 9.17) is 16.3 Å². The first-order valence-corrected chi connectivity index (χ1v) is 9.22. The fraction of sp³-hybridized carbons (Fsp3) is 0.250. The number of nitrogens with zero attached hydrogens (tertiary/aromatic N) is 3. The molecule has 1 amide bonds. The molecule has 0 spiro atoms. The normalized spacial score (nSPS) is 11.9. The molecule has 28 heavy (non-hydrogen) atoms. The second-order valence-corrected chi connectivity index (χ2v) is 6.78. The lowest BCUT2D eigenvalue weighted by molar-refractivity contribution is -0.118. The van der Waals surface area contributed by atoms with Gasteiger partial charge in [0.15, 0.2) is 6.61 Å². The van der Waals surface area contributed by atoms with Crippen molar-refractivity contribution < 1.29 is 13.9 Å². The number of nitrogens with one attached hydrogen (secondary N) is 1. The van der Waals surface area contributed by atoms with Gasteiger partial charge in [-0.2, -0.15) is 0 Å². The van der Waals surface area contributed by atoms with Gasteiger partial charge in [-0.05, 0) is 48.2 Å². The molecule has 2 aromatic carbocycles. The molecule has 0 aliphatic rings. The summed E-state index contributed by atoms with van der Waals surface area (Å²) in [6, 6.07) is 9.79. The number of halogens is 2. The van der Waals surface area contributed by atoms with Crippen LogP contribution < -0.4 is 10.1 Å². The highest BCUT2D eigenvalue weighted by Crippen LogP contribution is 2.29.